The fraction of sp³-hybridized carbons (Fsp3) is 0. The minimum absolute atomic E-state index is 2.14. The molecule has 0 aromatic heterocycles. The Morgan fingerprint density at radius 2 is 0.571 bits per heavy atom. The van der Waals surface area contributed by atoms with Crippen molar-refractivity contribution in [3.8, 4) is 23.0 Å². The molecule has 20 heteroatoms. The van der Waals surface area contributed by atoms with Crippen LogP contribution in [0.3, 0.4) is 0 Å². The Kier molecular flexibility index (Phi) is 7.95. The summed E-state index contributed by atoms with van der Waals surface area (Å²) in [5, 5.41) is 35.9. The third-order valence-electron chi connectivity index (χ3n) is 5.01. The molecular weight excluding hydrogens is 614 g/mol. The Hall–Kier alpha value is -5.56. The summed E-state index contributed by atoms with van der Waals surface area (Å²) in [5.41, 5.74) is -8.65. The average molecular weight is 618 g/mol. The summed E-state index contributed by atoms with van der Waals surface area (Å²) in [6, 6.07) is 0. The fourth-order valence-corrected chi connectivity index (χ4v) is 3.24. The number of rotatable bonds is 8. The van der Waals surface area contributed by atoms with Gasteiger partial charge >= 0.3 is 23.9 Å². The highest BCUT2D eigenvalue weighted by Crippen LogP contribution is 2.43. The van der Waals surface area contributed by atoms with Gasteiger partial charge in [-0.3, -0.25) is 0 Å². The van der Waals surface area contributed by atoms with Gasteiger partial charge in [0.25, 0.3) is 0 Å². The van der Waals surface area contributed by atoms with E-state index in [9.17, 15) is 63.1 Å². The molecule has 3 rings (SSSR count). The number of carboxylic acid groups (broad SMARTS) is 4. The van der Waals surface area contributed by atoms with Gasteiger partial charge in [-0.1, -0.05) is 0 Å². The Balaban J connectivity index is 2.30. The van der Waals surface area contributed by atoms with Crippen LogP contribution >= 0.6 is 0 Å². The first-order valence-electron chi connectivity index (χ1n) is 9.92. The molecule has 0 radical (unpaired) electrons. The zero-order chi connectivity index (χ0) is 32.1. The molecule has 0 saturated heterocycles. The van der Waals surface area contributed by atoms with Crippen LogP contribution in [-0.2, 0) is 0 Å². The lowest BCUT2D eigenvalue weighted by molar-refractivity contribution is 0.0640. The van der Waals surface area contributed by atoms with Crippen LogP contribution < -0.4 is 9.47 Å². The average Bonchev–Trinajstić information content (AvgIpc) is 2.90. The van der Waals surface area contributed by atoms with Crippen LogP contribution in [-0.4, -0.2) is 44.3 Å². The third-order valence-corrected chi connectivity index (χ3v) is 5.01. The Morgan fingerprint density at radius 1 is 0.333 bits per heavy atom. The van der Waals surface area contributed by atoms with Gasteiger partial charge < -0.3 is 29.9 Å². The molecule has 10 nitrogen and oxygen atoms in total. The van der Waals surface area contributed by atoms with E-state index in [0.29, 0.717) is 0 Å². The van der Waals surface area contributed by atoms with Crippen molar-refractivity contribution >= 4 is 23.9 Å². The lowest BCUT2D eigenvalue weighted by Gasteiger charge is -2.17. The van der Waals surface area contributed by atoms with Crippen molar-refractivity contribution in [2.75, 3.05) is 0 Å². The number of halogens is 10. The number of ether oxygens (including phenoxy) is 2. The summed E-state index contributed by atoms with van der Waals surface area (Å²) in [7, 11) is 0. The van der Waals surface area contributed by atoms with Crippen LogP contribution in [0.25, 0.3) is 0 Å². The number of hydrogen-bond acceptors (Lipinski definition) is 6. The second-order valence-electron chi connectivity index (χ2n) is 7.38. The Labute approximate surface area is 221 Å². The molecule has 0 unspecified atom stereocenters. The van der Waals surface area contributed by atoms with Crippen molar-refractivity contribution < 1.29 is 93.0 Å². The third kappa shape index (κ3) is 4.71. The summed E-state index contributed by atoms with van der Waals surface area (Å²) < 4.78 is 152. The maximum atomic E-state index is 14.7. The van der Waals surface area contributed by atoms with Gasteiger partial charge in [-0.05, 0) is 0 Å². The van der Waals surface area contributed by atoms with Crippen LogP contribution in [0.5, 0.6) is 23.0 Å². The SMILES string of the molecule is O=C(O)c1c(F)c(F)c(Oc2c(F)c(F)c(Oc3c(F)c(F)c(F)c(C(=O)O)c3C(=O)O)c(F)c2F)c(F)c1C(=O)O. The maximum Gasteiger partial charge on any atom is 0.340 e. The number of carbonyl (C=O) groups is 4. The second kappa shape index (κ2) is 10.8. The molecule has 0 bridgehead atoms. The van der Waals surface area contributed by atoms with Crippen LogP contribution in [0.4, 0.5) is 43.9 Å². The Morgan fingerprint density at radius 3 is 0.952 bits per heavy atom. The van der Waals surface area contributed by atoms with Crippen molar-refractivity contribution in [3.05, 3.63) is 80.4 Å². The summed E-state index contributed by atoms with van der Waals surface area (Å²) in [6.07, 6.45) is 0. The van der Waals surface area contributed by atoms with E-state index in [4.69, 9.17) is 20.4 Å². The first kappa shape index (κ1) is 31.0. The standard InChI is InChI=1S/C22H4F10O10/c23-5-3(21(37)38)4(22(39)40)15(10(28)8(5)26)41-17-11(29)13(31)18(14(32)12(17)30)42-16-7(25)2(20(35)36)1(19(33)34)6(24)9(16)27/h(H,33,34)(H,35,36)(H,37,38)(H,39,40). The molecule has 222 valence electrons. The lowest BCUT2D eigenvalue weighted by Crippen LogP contribution is -2.17. The highest BCUT2D eigenvalue weighted by atomic mass is 19.2. The van der Waals surface area contributed by atoms with Gasteiger partial charge in [-0.25, -0.2) is 36.7 Å². The predicted octanol–water partition coefficient (Wildman–Crippen LogP) is 5.46. The van der Waals surface area contributed by atoms with E-state index in [-0.39, 0.29) is 0 Å². The van der Waals surface area contributed by atoms with Gasteiger partial charge in [0.15, 0.2) is 29.0 Å². The maximum absolute atomic E-state index is 14.7. The van der Waals surface area contributed by atoms with Gasteiger partial charge in [0.1, 0.15) is 22.3 Å². The van der Waals surface area contributed by atoms with E-state index in [1.165, 1.54) is 0 Å². The van der Waals surface area contributed by atoms with Gasteiger partial charge in [0.05, 0.1) is 0 Å². The molecular formula is C22H4F10O10. The topological polar surface area (TPSA) is 168 Å². The Bertz CT molecular complexity index is 1730. The molecule has 0 aliphatic carbocycles. The highest BCUT2D eigenvalue weighted by Gasteiger charge is 2.38. The number of hydrogen-bond donors (Lipinski definition) is 4. The van der Waals surface area contributed by atoms with Crippen molar-refractivity contribution in [2.24, 2.45) is 0 Å². The molecule has 42 heavy (non-hydrogen) atoms. The van der Waals surface area contributed by atoms with Crippen LogP contribution in [0.1, 0.15) is 41.4 Å². The van der Waals surface area contributed by atoms with E-state index in [2.05, 4.69) is 9.47 Å². The largest absolute Gasteiger partial charge is 0.478 e. The zero-order valence-corrected chi connectivity index (χ0v) is 19.0. The molecule has 3 aromatic carbocycles. The van der Waals surface area contributed by atoms with E-state index in [1.54, 1.807) is 0 Å². The molecule has 0 atom stereocenters. The molecule has 0 amide bonds. The predicted molar refractivity (Wildman–Crippen MR) is 107 cm³/mol. The van der Waals surface area contributed by atoms with E-state index in [1.807, 2.05) is 0 Å². The van der Waals surface area contributed by atoms with Gasteiger partial charge in [0.2, 0.25) is 52.2 Å². The zero-order valence-electron chi connectivity index (χ0n) is 19.0. The van der Waals surface area contributed by atoms with Crippen molar-refractivity contribution in [1.82, 2.24) is 0 Å². The van der Waals surface area contributed by atoms with Crippen LogP contribution in [0.2, 0.25) is 0 Å². The summed E-state index contributed by atoms with van der Waals surface area (Å²) >= 11 is 0. The van der Waals surface area contributed by atoms with E-state index >= 15 is 0 Å². The molecule has 0 aliphatic heterocycles. The molecule has 0 aliphatic rings. The smallest absolute Gasteiger partial charge is 0.340 e. The van der Waals surface area contributed by atoms with Crippen molar-refractivity contribution in [2.45, 2.75) is 0 Å². The number of benzene rings is 3. The van der Waals surface area contributed by atoms with Crippen molar-refractivity contribution in [1.29, 1.82) is 0 Å². The van der Waals surface area contributed by atoms with Crippen LogP contribution in [0.15, 0.2) is 0 Å². The van der Waals surface area contributed by atoms with Gasteiger partial charge in [-0.15, -0.1) is 0 Å². The van der Waals surface area contributed by atoms with Gasteiger partial charge in [0, 0.05) is 0 Å². The molecule has 0 heterocycles. The molecule has 4 N–H and O–H groups in total. The van der Waals surface area contributed by atoms with E-state index < -0.39 is 127 Å². The number of carboxylic acids is 4. The van der Waals surface area contributed by atoms with E-state index in [0.717, 1.165) is 0 Å². The van der Waals surface area contributed by atoms with Crippen LogP contribution in [0, 0.1) is 58.2 Å². The quantitative estimate of drug-likeness (QED) is 0.145. The molecule has 0 fully saturated rings. The molecule has 0 saturated carbocycles. The normalized spacial score (nSPS) is 10.9. The monoisotopic (exact) mass is 618 g/mol. The lowest BCUT2D eigenvalue weighted by atomic mass is 10.0. The summed E-state index contributed by atoms with van der Waals surface area (Å²) in [4.78, 5) is 44.8. The number of aromatic carboxylic acids is 4. The minimum Gasteiger partial charge on any atom is -0.478 e. The van der Waals surface area contributed by atoms with Gasteiger partial charge in [-0.2, -0.15) is 26.3 Å². The molecule has 0 spiro atoms. The van der Waals surface area contributed by atoms with Crippen molar-refractivity contribution in [3.63, 3.8) is 0 Å². The first-order valence-corrected chi connectivity index (χ1v) is 9.92. The highest BCUT2D eigenvalue weighted by molar-refractivity contribution is 6.04. The first-order chi connectivity index (χ1) is 19.4. The second-order valence-corrected chi connectivity index (χ2v) is 7.38. The minimum atomic E-state index is -2.92. The fourth-order valence-electron chi connectivity index (χ4n) is 3.24. The summed E-state index contributed by atoms with van der Waals surface area (Å²) in [6.45, 7) is 0. The summed E-state index contributed by atoms with van der Waals surface area (Å²) in [5.74, 6) is -48.2. The molecule has 3 aromatic rings.